The van der Waals surface area contributed by atoms with Crippen LogP contribution in [0, 0.1) is 23.7 Å². The summed E-state index contributed by atoms with van der Waals surface area (Å²) in [6, 6.07) is 25.3. The summed E-state index contributed by atoms with van der Waals surface area (Å²) >= 11 is 0. The van der Waals surface area contributed by atoms with Crippen LogP contribution in [0.5, 0.6) is 11.5 Å². The predicted molar refractivity (Wildman–Crippen MR) is 234 cm³/mol. The Morgan fingerprint density at radius 1 is 0.400 bits per heavy atom. The first-order valence-corrected chi connectivity index (χ1v) is 21.4. The van der Waals surface area contributed by atoms with Crippen molar-refractivity contribution in [1.82, 2.24) is 19.6 Å². The molecule has 0 bridgehead atoms. The Bertz CT molecular complexity index is 2190. The second kappa shape index (κ2) is 19.2. The molecule has 0 saturated carbocycles. The number of phenols is 2. The molecule has 9 rings (SSSR count). The maximum Gasteiger partial charge on any atom is 0.124 e. The average Bonchev–Trinajstić information content (AvgIpc) is 3.28. The summed E-state index contributed by atoms with van der Waals surface area (Å²) < 4.78 is 22.4. The van der Waals surface area contributed by atoms with E-state index in [0.717, 1.165) is 118 Å². The molecule has 0 aliphatic carbocycles. The summed E-state index contributed by atoms with van der Waals surface area (Å²) in [4.78, 5) is 9.34. The molecule has 0 atom stereocenters. The van der Waals surface area contributed by atoms with Gasteiger partial charge in [-0.05, 0) is 70.1 Å². The Morgan fingerprint density at radius 3 is 1.03 bits per heavy atom. The Kier molecular flexibility index (Phi) is 12.9. The third-order valence-corrected chi connectivity index (χ3v) is 12.1. The summed E-state index contributed by atoms with van der Waals surface area (Å²) in [6.07, 6.45) is 0. The van der Waals surface area contributed by atoms with E-state index in [2.05, 4.69) is 116 Å². The highest BCUT2D eigenvalue weighted by atomic mass is 16.5. The minimum absolute atomic E-state index is 0.359. The Labute approximate surface area is 353 Å². The quantitative estimate of drug-likeness (QED) is 0.154. The van der Waals surface area contributed by atoms with E-state index >= 15 is 0 Å². The number of rotatable bonds is 8. The monoisotopic (exact) mass is 806 g/mol. The van der Waals surface area contributed by atoms with Gasteiger partial charge in [-0.15, -0.1) is 0 Å². The van der Waals surface area contributed by atoms with Gasteiger partial charge in [0.25, 0.3) is 0 Å². The second-order valence-electron chi connectivity index (χ2n) is 16.2. The van der Waals surface area contributed by atoms with Crippen LogP contribution in [0.15, 0.2) is 72.8 Å². The highest BCUT2D eigenvalue weighted by Gasteiger charge is 2.21. The number of ether oxygens (including phenoxy) is 4. The van der Waals surface area contributed by atoms with Crippen molar-refractivity contribution < 1.29 is 29.2 Å². The van der Waals surface area contributed by atoms with Crippen LogP contribution in [-0.2, 0) is 45.1 Å². The molecule has 10 nitrogen and oxygen atoms in total. The van der Waals surface area contributed by atoms with Crippen molar-refractivity contribution in [3.63, 3.8) is 0 Å². The summed E-state index contributed by atoms with van der Waals surface area (Å²) in [5.41, 5.74) is 7.24. The molecule has 0 radical (unpaired) electrons. The summed E-state index contributed by atoms with van der Waals surface area (Å²) in [5, 5.41) is 27.4. The Balaban J connectivity index is 1.05. The fourth-order valence-electron chi connectivity index (χ4n) is 8.70. The molecular weight excluding hydrogens is 753 g/mol. The Morgan fingerprint density at radius 2 is 0.717 bits per heavy atom. The first kappa shape index (κ1) is 40.4. The molecule has 5 aromatic rings. The number of nitrogens with zero attached hydrogens (tertiary/aromatic N) is 4. The van der Waals surface area contributed by atoms with Crippen LogP contribution in [0.4, 0.5) is 0 Å². The van der Waals surface area contributed by atoms with Crippen molar-refractivity contribution in [3.05, 3.63) is 117 Å². The first-order valence-electron chi connectivity index (χ1n) is 21.4. The molecule has 4 aliphatic rings. The van der Waals surface area contributed by atoms with Gasteiger partial charge in [-0.25, -0.2) is 0 Å². The highest BCUT2D eigenvalue weighted by molar-refractivity contribution is 6.02. The van der Waals surface area contributed by atoms with E-state index in [4.69, 9.17) is 18.9 Å². The topological polar surface area (TPSA) is 90.3 Å². The largest absolute Gasteiger partial charge is 0.507 e. The van der Waals surface area contributed by atoms with Crippen LogP contribution in [0.25, 0.3) is 21.5 Å². The van der Waals surface area contributed by atoms with Crippen LogP contribution in [0.1, 0.15) is 44.5 Å². The third kappa shape index (κ3) is 9.80. The lowest BCUT2D eigenvalue weighted by atomic mass is 9.96. The standard InChI is InChI=1S/C50H54N4O6/c55-49-43(33-51-11-19-57-20-12-51)27-37(28-44(49)34-52-13-21-58-22-14-52)7-9-39-3-1-5-41-31-42-6-2-4-40(48(42)32-47(39)41)10-8-38-29-45(35-53-15-23-59-24-16-53)50(56)46(30-38)36-54-17-25-60-26-18-54/h1-6,27-32,55-56H,11-26,33-36H2. The highest BCUT2D eigenvalue weighted by Crippen LogP contribution is 2.31. The number of aromatic hydroxyl groups is 2. The van der Waals surface area contributed by atoms with Gasteiger partial charge < -0.3 is 29.2 Å². The van der Waals surface area contributed by atoms with Crippen LogP contribution in [0.2, 0.25) is 0 Å². The van der Waals surface area contributed by atoms with Crippen molar-refractivity contribution in [3.8, 4) is 35.2 Å². The summed E-state index contributed by atoms with van der Waals surface area (Å²) in [7, 11) is 0. The number of fused-ring (bicyclic) bond motifs is 2. The van der Waals surface area contributed by atoms with E-state index in [1.165, 1.54) is 0 Å². The van der Waals surface area contributed by atoms with E-state index in [1.807, 2.05) is 0 Å². The maximum atomic E-state index is 11.5. The molecule has 0 spiro atoms. The third-order valence-electron chi connectivity index (χ3n) is 12.1. The first-order chi connectivity index (χ1) is 29.5. The van der Waals surface area contributed by atoms with Gasteiger partial charge in [0.15, 0.2) is 0 Å². The number of phenolic OH excluding ortho intramolecular Hbond substituents is 2. The number of morpholine rings is 4. The van der Waals surface area contributed by atoms with Gasteiger partial charge in [0.1, 0.15) is 11.5 Å². The minimum Gasteiger partial charge on any atom is -0.507 e. The fraction of sp³-hybridized carbons (Fsp3) is 0.400. The number of hydrogen-bond donors (Lipinski definition) is 2. The molecule has 4 heterocycles. The predicted octanol–water partition coefficient (Wildman–Crippen LogP) is 5.53. The van der Waals surface area contributed by atoms with Gasteiger partial charge in [-0.1, -0.05) is 47.9 Å². The van der Waals surface area contributed by atoms with E-state index in [0.29, 0.717) is 90.5 Å². The summed E-state index contributed by atoms with van der Waals surface area (Å²) in [6.45, 7) is 14.9. The zero-order chi connectivity index (χ0) is 40.7. The molecule has 4 saturated heterocycles. The van der Waals surface area contributed by atoms with Crippen molar-refractivity contribution >= 4 is 21.5 Å². The van der Waals surface area contributed by atoms with Gasteiger partial charge >= 0.3 is 0 Å². The molecule has 10 heteroatoms. The zero-order valence-electron chi connectivity index (χ0n) is 34.4. The molecule has 4 aliphatic heterocycles. The maximum absolute atomic E-state index is 11.5. The molecule has 5 aromatic carbocycles. The van der Waals surface area contributed by atoms with Crippen LogP contribution in [-0.4, -0.2) is 135 Å². The van der Waals surface area contributed by atoms with Gasteiger partial charge in [0.2, 0.25) is 0 Å². The SMILES string of the molecule is Oc1c(CN2CCOCC2)cc(C#Cc2cccc3cc4cccc(C#Cc5cc(CN6CCOCC6)c(O)c(CN6CCOCC6)c5)c4cc23)cc1CN1CCOCC1. The van der Waals surface area contributed by atoms with Crippen LogP contribution >= 0.6 is 0 Å². The normalized spacial score (nSPS) is 18.5. The minimum atomic E-state index is 0.359. The van der Waals surface area contributed by atoms with E-state index in [1.54, 1.807) is 0 Å². The molecular formula is C50H54N4O6. The van der Waals surface area contributed by atoms with Gasteiger partial charge in [-0.2, -0.15) is 0 Å². The molecule has 310 valence electrons. The second-order valence-corrected chi connectivity index (χ2v) is 16.2. The fourth-order valence-corrected chi connectivity index (χ4v) is 8.70. The lowest BCUT2D eigenvalue weighted by Gasteiger charge is -2.29. The van der Waals surface area contributed by atoms with E-state index in [-0.39, 0.29) is 0 Å². The lowest BCUT2D eigenvalue weighted by molar-refractivity contribution is 0.0326. The molecule has 0 unspecified atom stereocenters. The smallest absolute Gasteiger partial charge is 0.124 e. The molecule has 4 fully saturated rings. The summed E-state index contributed by atoms with van der Waals surface area (Å²) in [5.74, 6) is 14.8. The van der Waals surface area contributed by atoms with Gasteiger partial charge in [0, 0.05) is 123 Å². The van der Waals surface area contributed by atoms with Crippen LogP contribution < -0.4 is 0 Å². The average molecular weight is 807 g/mol. The van der Waals surface area contributed by atoms with E-state index in [9.17, 15) is 10.2 Å². The number of benzene rings is 5. The Hall–Kier alpha value is -4.98. The molecule has 2 N–H and O–H groups in total. The zero-order valence-corrected chi connectivity index (χ0v) is 34.4. The lowest BCUT2D eigenvalue weighted by Crippen LogP contribution is -2.36. The van der Waals surface area contributed by atoms with Crippen molar-refractivity contribution in [2.24, 2.45) is 0 Å². The van der Waals surface area contributed by atoms with Crippen molar-refractivity contribution in [2.75, 3.05) is 105 Å². The van der Waals surface area contributed by atoms with Crippen LogP contribution in [0.3, 0.4) is 0 Å². The van der Waals surface area contributed by atoms with E-state index < -0.39 is 0 Å². The van der Waals surface area contributed by atoms with Crippen molar-refractivity contribution in [1.29, 1.82) is 0 Å². The van der Waals surface area contributed by atoms with Gasteiger partial charge in [0.05, 0.1) is 52.9 Å². The molecule has 60 heavy (non-hydrogen) atoms. The van der Waals surface area contributed by atoms with Crippen molar-refractivity contribution in [2.45, 2.75) is 26.2 Å². The number of hydrogen-bond acceptors (Lipinski definition) is 10. The van der Waals surface area contributed by atoms with Gasteiger partial charge in [-0.3, -0.25) is 19.6 Å². The molecule has 0 amide bonds. The molecule has 0 aromatic heterocycles.